The molecule has 0 unspecified atom stereocenters. The molecule has 0 saturated carbocycles. The molecule has 126 valence electrons. The second kappa shape index (κ2) is 7.60. The smallest absolute Gasteiger partial charge is 0.258 e. The zero-order chi connectivity index (χ0) is 17.8. The third-order valence-corrected chi connectivity index (χ3v) is 4.64. The number of nitrogens with zero attached hydrogens (tertiary/aromatic N) is 3. The first-order chi connectivity index (χ1) is 12.0. The fourth-order valence-electron chi connectivity index (χ4n) is 2.00. The van der Waals surface area contributed by atoms with Crippen molar-refractivity contribution in [3.8, 4) is 11.3 Å². The standard InChI is InChI=1S/C16H10Cl2N4O2S/c17-13-2-1-3-14(18)12(13)8-19-21-16-20-15(9-25-16)10-4-6-11(7-5-10)22(23)24/h1-9H,(H,20,21)/b19-8+. The highest BCUT2D eigenvalue weighted by molar-refractivity contribution is 7.14. The highest BCUT2D eigenvalue weighted by atomic mass is 35.5. The van der Waals surface area contributed by atoms with Crippen LogP contribution in [0.3, 0.4) is 0 Å². The van der Waals surface area contributed by atoms with Gasteiger partial charge in [-0.1, -0.05) is 29.3 Å². The molecule has 0 aliphatic heterocycles. The van der Waals surface area contributed by atoms with Crippen LogP contribution in [0.4, 0.5) is 10.8 Å². The molecule has 0 spiro atoms. The zero-order valence-corrected chi connectivity index (χ0v) is 14.8. The van der Waals surface area contributed by atoms with E-state index in [0.717, 1.165) is 5.56 Å². The summed E-state index contributed by atoms with van der Waals surface area (Å²) < 4.78 is 0. The van der Waals surface area contributed by atoms with E-state index < -0.39 is 4.92 Å². The van der Waals surface area contributed by atoms with E-state index in [1.807, 2.05) is 5.38 Å². The van der Waals surface area contributed by atoms with Crippen LogP contribution in [0.15, 0.2) is 52.9 Å². The Bertz CT molecular complexity index is 921. The van der Waals surface area contributed by atoms with Crippen molar-refractivity contribution in [2.75, 3.05) is 5.43 Å². The van der Waals surface area contributed by atoms with Gasteiger partial charge in [0.05, 0.1) is 26.9 Å². The lowest BCUT2D eigenvalue weighted by Gasteiger charge is -2.00. The molecule has 3 rings (SSSR count). The number of benzene rings is 2. The highest BCUT2D eigenvalue weighted by Crippen LogP contribution is 2.27. The molecule has 9 heteroatoms. The molecule has 25 heavy (non-hydrogen) atoms. The summed E-state index contributed by atoms with van der Waals surface area (Å²) in [4.78, 5) is 14.6. The van der Waals surface area contributed by atoms with Crippen LogP contribution < -0.4 is 5.43 Å². The van der Waals surface area contributed by atoms with E-state index >= 15 is 0 Å². The molecular weight excluding hydrogens is 383 g/mol. The summed E-state index contributed by atoms with van der Waals surface area (Å²) in [7, 11) is 0. The number of halogens is 2. The van der Waals surface area contributed by atoms with Crippen molar-refractivity contribution in [2.24, 2.45) is 5.10 Å². The van der Waals surface area contributed by atoms with Crippen LogP contribution in [0.25, 0.3) is 11.3 Å². The molecule has 6 nitrogen and oxygen atoms in total. The molecule has 3 aromatic rings. The number of thiazole rings is 1. The van der Waals surface area contributed by atoms with Crippen molar-refractivity contribution in [1.29, 1.82) is 0 Å². The van der Waals surface area contributed by atoms with Crippen LogP contribution in [0.5, 0.6) is 0 Å². The van der Waals surface area contributed by atoms with Gasteiger partial charge in [0.15, 0.2) is 0 Å². The van der Waals surface area contributed by atoms with Crippen molar-refractivity contribution in [3.63, 3.8) is 0 Å². The fourth-order valence-corrected chi connectivity index (χ4v) is 3.16. The van der Waals surface area contributed by atoms with Crippen LogP contribution in [0, 0.1) is 10.1 Å². The van der Waals surface area contributed by atoms with E-state index in [9.17, 15) is 10.1 Å². The molecule has 0 aliphatic carbocycles. The number of nitrogens with one attached hydrogen (secondary N) is 1. The van der Waals surface area contributed by atoms with Crippen molar-refractivity contribution in [1.82, 2.24) is 4.98 Å². The minimum atomic E-state index is -0.438. The molecular formula is C16H10Cl2N4O2S. The van der Waals surface area contributed by atoms with Crippen molar-refractivity contribution in [3.05, 3.63) is 73.6 Å². The molecule has 1 aromatic heterocycles. The largest absolute Gasteiger partial charge is 0.269 e. The number of non-ortho nitro benzene ring substituents is 1. The highest BCUT2D eigenvalue weighted by Gasteiger charge is 2.08. The number of nitro groups is 1. The third-order valence-electron chi connectivity index (χ3n) is 3.23. The summed E-state index contributed by atoms with van der Waals surface area (Å²) in [6.07, 6.45) is 1.53. The van der Waals surface area contributed by atoms with Crippen LogP contribution in [0.2, 0.25) is 10.0 Å². The lowest BCUT2D eigenvalue weighted by Crippen LogP contribution is -1.92. The van der Waals surface area contributed by atoms with Gasteiger partial charge in [-0.25, -0.2) is 4.98 Å². The number of aromatic nitrogens is 1. The molecule has 0 aliphatic rings. The number of rotatable bonds is 5. The van der Waals surface area contributed by atoms with E-state index in [2.05, 4.69) is 15.5 Å². The zero-order valence-electron chi connectivity index (χ0n) is 12.5. The normalized spacial score (nSPS) is 11.0. The summed E-state index contributed by atoms with van der Waals surface area (Å²) in [6.45, 7) is 0. The lowest BCUT2D eigenvalue weighted by atomic mass is 10.1. The summed E-state index contributed by atoms with van der Waals surface area (Å²) in [6, 6.07) is 11.4. The Balaban J connectivity index is 1.71. The number of hydrazone groups is 1. The molecule has 0 atom stereocenters. The molecule has 1 N–H and O–H groups in total. The summed E-state index contributed by atoms with van der Waals surface area (Å²) in [5, 5.41) is 18.2. The van der Waals surface area contributed by atoms with Gasteiger partial charge in [-0.2, -0.15) is 5.10 Å². The van der Waals surface area contributed by atoms with Gasteiger partial charge in [0, 0.05) is 28.6 Å². The second-order valence-electron chi connectivity index (χ2n) is 4.85. The Morgan fingerprint density at radius 1 is 1.16 bits per heavy atom. The van der Waals surface area contributed by atoms with Crippen LogP contribution in [0.1, 0.15) is 5.56 Å². The maximum Gasteiger partial charge on any atom is 0.269 e. The average molecular weight is 393 g/mol. The molecule has 2 aromatic carbocycles. The topological polar surface area (TPSA) is 80.4 Å². The van der Waals surface area contributed by atoms with E-state index in [0.29, 0.717) is 26.4 Å². The monoisotopic (exact) mass is 392 g/mol. The number of anilines is 1. The minimum absolute atomic E-state index is 0.0403. The Morgan fingerprint density at radius 2 is 1.84 bits per heavy atom. The third kappa shape index (κ3) is 4.14. The lowest BCUT2D eigenvalue weighted by molar-refractivity contribution is -0.384. The van der Waals surface area contributed by atoms with Crippen LogP contribution >= 0.6 is 34.5 Å². The Morgan fingerprint density at radius 3 is 2.48 bits per heavy atom. The molecule has 0 fully saturated rings. The SMILES string of the molecule is O=[N+]([O-])c1ccc(-c2csc(N/N=C/c3c(Cl)cccc3Cl)n2)cc1. The Labute approximate surface area is 156 Å². The molecule has 0 saturated heterocycles. The molecule has 1 heterocycles. The molecule has 0 radical (unpaired) electrons. The maximum absolute atomic E-state index is 10.7. The first kappa shape index (κ1) is 17.3. The first-order valence-corrected chi connectivity index (χ1v) is 8.61. The average Bonchev–Trinajstić information content (AvgIpc) is 3.06. The van der Waals surface area contributed by atoms with Gasteiger partial charge in [0.1, 0.15) is 0 Å². The van der Waals surface area contributed by atoms with E-state index in [1.54, 1.807) is 30.3 Å². The summed E-state index contributed by atoms with van der Waals surface area (Å²) >= 11 is 13.5. The molecule has 0 amide bonds. The van der Waals surface area contributed by atoms with Gasteiger partial charge >= 0.3 is 0 Å². The quantitative estimate of drug-likeness (QED) is 0.354. The second-order valence-corrected chi connectivity index (χ2v) is 6.52. The van der Waals surface area contributed by atoms with Gasteiger partial charge in [-0.05, 0) is 24.3 Å². The van der Waals surface area contributed by atoms with Gasteiger partial charge in [-0.3, -0.25) is 15.5 Å². The number of hydrogen-bond donors (Lipinski definition) is 1. The van der Waals surface area contributed by atoms with Gasteiger partial charge in [0.25, 0.3) is 5.69 Å². The van der Waals surface area contributed by atoms with E-state index in [-0.39, 0.29) is 5.69 Å². The number of hydrogen-bond acceptors (Lipinski definition) is 6. The van der Waals surface area contributed by atoms with Gasteiger partial charge in [0.2, 0.25) is 5.13 Å². The predicted octanol–water partition coefficient (Wildman–Crippen LogP) is 5.47. The van der Waals surface area contributed by atoms with Gasteiger partial charge in [-0.15, -0.1) is 11.3 Å². The molecule has 0 bridgehead atoms. The van der Waals surface area contributed by atoms with Crippen LogP contribution in [-0.4, -0.2) is 16.1 Å². The first-order valence-electron chi connectivity index (χ1n) is 6.98. The fraction of sp³-hybridized carbons (Fsp3) is 0. The number of nitro benzene ring substituents is 1. The Kier molecular flexibility index (Phi) is 5.28. The van der Waals surface area contributed by atoms with Crippen molar-refractivity contribution >= 4 is 51.6 Å². The van der Waals surface area contributed by atoms with E-state index in [4.69, 9.17) is 23.2 Å². The minimum Gasteiger partial charge on any atom is -0.258 e. The summed E-state index contributed by atoms with van der Waals surface area (Å²) in [5.74, 6) is 0. The predicted molar refractivity (Wildman–Crippen MR) is 102 cm³/mol. The van der Waals surface area contributed by atoms with Gasteiger partial charge < -0.3 is 0 Å². The summed E-state index contributed by atoms with van der Waals surface area (Å²) in [5.41, 5.74) is 4.96. The Hall–Kier alpha value is -2.48. The van der Waals surface area contributed by atoms with E-state index in [1.165, 1.54) is 29.7 Å². The van der Waals surface area contributed by atoms with Crippen molar-refractivity contribution in [2.45, 2.75) is 0 Å². The maximum atomic E-state index is 10.7. The van der Waals surface area contributed by atoms with Crippen molar-refractivity contribution < 1.29 is 4.92 Å². The van der Waals surface area contributed by atoms with Crippen LogP contribution in [-0.2, 0) is 0 Å².